The van der Waals surface area contributed by atoms with E-state index in [9.17, 15) is 32.3 Å². The highest BCUT2D eigenvalue weighted by molar-refractivity contribution is 6.31. The van der Waals surface area contributed by atoms with Crippen molar-refractivity contribution < 1.29 is 46.9 Å². The maximum atomic E-state index is 14.5. The van der Waals surface area contributed by atoms with Gasteiger partial charge in [0.15, 0.2) is 0 Å². The number of para-hydroxylation sites is 1. The normalized spacial score (nSPS) is 16.5. The van der Waals surface area contributed by atoms with Gasteiger partial charge in [-0.05, 0) is 50.0 Å². The lowest BCUT2D eigenvalue weighted by atomic mass is 9.88. The largest absolute Gasteiger partial charge is 0.490 e. The molecule has 0 saturated carbocycles. The number of hydrogen-bond donors (Lipinski definition) is 2. The van der Waals surface area contributed by atoms with Crippen LogP contribution in [0.4, 0.5) is 17.6 Å². The third kappa shape index (κ3) is 7.64. The van der Waals surface area contributed by atoms with E-state index in [1.807, 2.05) is 24.3 Å². The number of ether oxygens (including phenoxy) is 1. The first-order valence-electron chi connectivity index (χ1n) is 13.5. The first-order chi connectivity index (χ1) is 20.4. The summed E-state index contributed by atoms with van der Waals surface area (Å²) in [6.07, 6.45) is -3.58. The van der Waals surface area contributed by atoms with E-state index in [4.69, 9.17) is 26.2 Å². The smallest absolute Gasteiger partial charge is 0.480 e. The lowest BCUT2D eigenvalue weighted by Gasteiger charge is -2.33. The molecule has 0 spiro atoms. The van der Waals surface area contributed by atoms with E-state index in [-0.39, 0.29) is 24.2 Å². The van der Waals surface area contributed by atoms with Gasteiger partial charge >= 0.3 is 18.1 Å². The number of aromatic nitrogens is 1. The molecule has 2 aliphatic rings. The van der Waals surface area contributed by atoms with Gasteiger partial charge in [0.1, 0.15) is 18.1 Å². The van der Waals surface area contributed by atoms with Gasteiger partial charge in [-0.1, -0.05) is 35.9 Å². The van der Waals surface area contributed by atoms with E-state index in [0.29, 0.717) is 49.1 Å². The van der Waals surface area contributed by atoms with Crippen LogP contribution in [-0.4, -0.2) is 88.0 Å². The Morgan fingerprint density at radius 3 is 2.16 bits per heavy atom. The van der Waals surface area contributed by atoms with Gasteiger partial charge in [0.2, 0.25) is 0 Å². The summed E-state index contributed by atoms with van der Waals surface area (Å²) in [7, 11) is 0. The molecule has 43 heavy (non-hydrogen) atoms. The molecule has 2 aliphatic heterocycles. The molecule has 3 heterocycles. The Labute approximate surface area is 249 Å². The van der Waals surface area contributed by atoms with E-state index in [1.165, 1.54) is 6.07 Å². The zero-order chi connectivity index (χ0) is 31.3. The second-order valence-electron chi connectivity index (χ2n) is 10.2. The lowest BCUT2D eigenvalue weighted by Crippen LogP contribution is -2.42. The first-order valence-corrected chi connectivity index (χ1v) is 13.9. The fourth-order valence-corrected chi connectivity index (χ4v) is 5.82. The van der Waals surface area contributed by atoms with Crippen molar-refractivity contribution >= 4 is 40.3 Å². The van der Waals surface area contributed by atoms with Crippen molar-refractivity contribution in [3.05, 3.63) is 70.1 Å². The number of nitrogens with zero attached hydrogens (tertiary/aromatic N) is 3. The summed E-state index contributed by atoms with van der Waals surface area (Å²) in [6, 6.07) is 12.4. The monoisotopic (exact) mass is 627 g/mol. The molecule has 3 aromatic rings. The zero-order valence-electron chi connectivity index (χ0n) is 22.9. The molecule has 2 aromatic carbocycles. The van der Waals surface area contributed by atoms with Gasteiger partial charge < -0.3 is 24.4 Å². The average molecular weight is 628 g/mol. The molecule has 232 valence electrons. The number of carboxylic acids is 2. The summed E-state index contributed by atoms with van der Waals surface area (Å²) >= 11 is 6.31. The van der Waals surface area contributed by atoms with Crippen LogP contribution in [0.25, 0.3) is 10.9 Å². The Hall–Kier alpha value is -3.68. The van der Waals surface area contributed by atoms with Crippen LogP contribution < -0.4 is 0 Å². The van der Waals surface area contributed by atoms with E-state index < -0.39 is 18.1 Å². The van der Waals surface area contributed by atoms with Crippen LogP contribution in [0.15, 0.2) is 42.5 Å². The molecule has 2 saturated heterocycles. The molecule has 14 heteroatoms. The number of likely N-dealkylation sites (tertiary alicyclic amines) is 1. The fraction of sp³-hybridized carbons (Fsp3) is 0.414. The molecule has 1 amide bonds. The van der Waals surface area contributed by atoms with E-state index in [2.05, 4.69) is 4.90 Å². The molecule has 5 rings (SSSR count). The summed E-state index contributed by atoms with van der Waals surface area (Å²) in [5, 5.41) is 18.1. The number of fused-ring (bicyclic) bond motifs is 1. The average Bonchev–Trinajstić information content (AvgIpc) is 3.26. The lowest BCUT2D eigenvalue weighted by molar-refractivity contribution is -0.192. The van der Waals surface area contributed by atoms with Crippen LogP contribution in [0.2, 0.25) is 5.02 Å². The zero-order valence-corrected chi connectivity index (χ0v) is 23.7. The van der Waals surface area contributed by atoms with Crippen molar-refractivity contribution in [2.24, 2.45) is 0 Å². The van der Waals surface area contributed by atoms with Crippen molar-refractivity contribution in [3.8, 4) is 0 Å². The Balaban J connectivity index is 0.000000541. The Kier molecular flexibility index (Phi) is 10.3. The van der Waals surface area contributed by atoms with Gasteiger partial charge in [-0.15, -0.1) is 0 Å². The molecule has 0 radical (unpaired) electrons. The minimum absolute atomic E-state index is 0.0396. The topological polar surface area (TPSA) is 112 Å². The SMILES string of the molecule is O=C(O)C(F)(F)F.O=C(O)Cn1c(C(=O)N2CCOCC2)c(CN2CCC(c3c(F)cccc3Cl)CC2)c2ccccc21. The van der Waals surface area contributed by atoms with Crippen molar-refractivity contribution in [1.82, 2.24) is 14.4 Å². The van der Waals surface area contributed by atoms with Crippen LogP contribution in [0.5, 0.6) is 0 Å². The highest BCUT2D eigenvalue weighted by Gasteiger charge is 2.38. The van der Waals surface area contributed by atoms with Crippen LogP contribution in [-0.2, 0) is 27.4 Å². The highest BCUT2D eigenvalue weighted by atomic mass is 35.5. The van der Waals surface area contributed by atoms with Crippen molar-refractivity contribution in [2.75, 3.05) is 39.4 Å². The number of aliphatic carboxylic acids is 2. The number of alkyl halides is 3. The van der Waals surface area contributed by atoms with Crippen LogP contribution >= 0.6 is 11.6 Å². The molecule has 0 atom stereocenters. The van der Waals surface area contributed by atoms with Crippen LogP contribution in [0, 0.1) is 5.82 Å². The summed E-state index contributed by atoms with van der Waals surface area (Å²) < 4.78 is 53.3. The summed E-state index contributed by atoms with van der Waals surface area (Å²) in [5.74, 6) is -4.15. The van der Waals surface area contributed by atoms with Gasteiger partial charge in [0.05, 0.1) is 13.2 Å². The van der Waals surface area contributed by atoms with E-state index >= 15 is 0 Å². The maximum absolute atomic E-state index is 14.5. The third-order valence-corrected chi connectivity index (χ3v) is 7.82. The van der Waals surface area contributed by atoms with Gasteiger partial charge in [0, 0.05) is 46.7 Å². The predicted octanol–water partition coefficient (Wildman–Crippen LogP) is 5.00. The molecule has 9 nitrogen and oxygen atoms in total. The van der Waals surface area contributed by atoms with Crippen LogP contribution in [0.1, 0.15) is 40.4 Å². The second kappa shape index (κ2) is 13.7. The van der Waals surface area contributed by atoms with Gasteiger partial charge in [0.25, 0.3) is 5.91 Å². The molecule has 0 aliphatic carbocycles. The molecule has 0 unspecified atom stereocenters. The van der Waals surface area contributed by atoms with Crippen LogP contribution in [0.3, 0.4) is 0 Å². The Morgan fingerprint density at radius 2 is 1.58 bits per heavy atom. The standard InChI is InChI=1S/C27H29ClFN3O4.C2HF3O2/c28-21-5-3-6-22(29)25(21)18-8-10-30(11-9-18)16-20-19-4-1-2-7-23(19)32(17-24(33)34)26(20)27(35)31-12-14-36-15-13-31;3-2(4,5)1(6)7/h1-7,18H,8-17H2,(H,33,34);(H,6,7). The van der Waals surface area contributed by atoms with Crippen molar-refractivity contribution in [1.29, 1.82) is 0 Å². The molecule has 2 N–H and O–H groups in total. The molecular weight excluding hydrogens is 598 g/mol. The number of benzene rings is 2. The van der Waals surface area contributed by atoms with Crippen molar-refractivity contribution in [2.45, 2.75) is 38.0 Å². The quantitative estimate of drug-likeness (QED) is 0.370. The Morgan fingerprint density at radius 1 is 0.953 bits per heavy atom. The van der Waals surface area contributed by atoms with Crippen molar-refractivity contribution in [3.63, 3.8) is 0 Å². The minimum Gasteiger partial charge on any atom is -0.480 e. The van der Waals surface area contributed by atoms with E-state index in [0.717, 1.165) is 42.4 Å². The first kappa shape index (κ1) is 32.2. The second-order valence-corrected chi connectivity index (χ2v) is 10.6. The predicted molar refractivity (Wildman–Crippen MR) is 149 cm³/mol. The summed E-state index contributed by atoms with van der Waals surface area (Å²) in [4.78, 5) is 38.4. The Bertz CT molecular complexity index is 1460. The maximum Gasteiger partial charge on any atom is 0.490 e. The summed E-state index contributed by atoms with van der Waals surface area (Å²) in [5.41, 5.74) is 2.59. The number of morpholine rings is 1. The minimum atomic E-state index is -5.08. The van der Waals surface area contributed by atoms with Gasteiger partial charge in [-0.3, -0.25) is 14.5 Å². The molecule has 0 bridgehead atoms. The van der Waals surface area contributed by atoms with Gasteiger partial charge in [-0.25, -0.2) is 9.18 Å². The molecule has 1 aromatic heterocycles. The fourth-order valence-electron chi connectivity index (χ4n) is 5.50. The number of carbonyl (C=O) groups excluding carboxylic acids is 1. The molecule has 2 fully saturated rings. The number of hydrogen-bond acceptors (Lipinski definition) is 5. The molecular formula is C29H30ClF4N3O6. The summed E-state index contributed by atoms with van der Waals surface area (Å²) in [6.45, 7) is 3.54. The third-order valence-electron chi connectivity index (χ3n) is 7.49. The number of rotatable bonds is 6. The number of carbonyl (C=O) groups is 3. The highest BCUT2D eigenvalue weighted by Crippen LogP contribution is 2.36. The number of piperidine rings is 1. The van der Waals surface area contributed by atoms with Gasteiger partial charge in [-0.2, -0.15) is 13.2 Å². The number of carboxylic acid groups (broad SMARTS) is 2. The number of halogens is 5. The number of amides is 1. The van der Waals surface area contributed by atoms with E-state index in [1.54, 1.807) is 21.6 Å².